The third-order valence-electron chi connectivity index (χ3n) is 6.05. The number of benzene rings is 1. The minimum Gasteiger partial charge on any atom is -0.495 e. The first-order valence-electron chi connectivity index (χ1n) is 10.4. The van der Waals surface area contributed by atoms with Crippen molar-refractivity contribution in [3.05, 3.63) is 24.3 Å². The van der Waals surface area contributed by atoms with Gasteiger partial charge in [0, 0.05) is 44.8 Å². The Bertz CT molecular complexity index is 641. The second-order valence-electron chi connectivity index (χ2n) is 8.07. The molecule has 6 heteroatoms. The van der Waals surface area contributed by atoms with E-state index in [9.17, 15) is 4.79 Å². The molecule has 2 aliphatic heterocycles. The molecule has 1 aromatic rings. The van der Waals surface area contributed by atoms with Gasteiger partial charge in [0.25, 0.3) is 0 Å². The first kappa shape index (κ1) is 18.6. The molecule has 1 aliphatic carbocycles. The van der Waals surface area contributed by atoms with Crippen LogP contribution in [0.25, 0.3) is 0 Å². The van der Waals surface area contributed by atoms with Gasteiger partial charge in [0.2, 0.25) is 5.91 Å². The van der Waals surface area contributed by atoms with Crippen molar-refractivity contribution in [2.45, 2.75) is 37.8 Å². The molecule has 6 nitrogen and oxygen atoms in total. The van der Waals surface area contributed by atoms with Gasteiger partial charge in [-0.15, -0.1) is 0 Å². The van der Waals surface area contributed by atoms with Crippen molar-refractivity contribution in [1.82, 2.24) is 15.1 Å². The summed E-state index contributed by atoms with van der Waals surface area (Å²) in [7, 11) is 1.74. The molecule has 2 heterocycles. The van der Waals surface area contributed by atoms with Gasteiger partial charge in [-0.3, -0.25) is 14.6 Å². The smallest absolute Gasteiger partial charge is 0.234 e. The summed E-state index contributed by atoms with van der Waals surface area (Å²) in [5.74, 6) is 1.16. The van der Waals surface area contributed by atoms with E-state index in [2.05, 4.69) is 32.1 Å². The third kappa shape index (κ3) is 4.74. The molecule has 3 fully saturated rings. The number of carbonyl (C=O) groups excluding carboxylic acids is 1. The zero-order chi connectivity index (χ0) is 18.6. The van der Waals surface area contributed by atoms with Crippen LogP contribution in [-0.2, 0) is 4.79 Å². The fourth-order valence-electron chi connectivity index (χ4n) is 4.40. The normalized spacial score (nSPS) is 24.6. The second-order valence-corrected chi connectivity index (χ2v) is 8.07. The van der Waals surface area contributed by atoms with Crippen LogP contribution in [-0.4, -0.2) is 80.7 Å². The second kappa shape index (κ2) is 8.48. The molecule has 1 atom stereocenters. The number of nitrogens with zero attached hydrogens (tertiary/aromatic N) is 3. The molecular formula is C21H32N4O2. The molecule has 27 heavy (non-hydrogen) atoms. The van der Waals surface area contributed by atoms with Gasteiger partial charge in [-0.2, -0.15) is 0 Å². The molecule has 3 aliphatic rings. The van der Waals surface area contributed by atoms with Gasteiger partial charge in [-0.1, -0.05) is 12.1 Å². The van der Waals surface area contributed by atoms with Gasteiger partial charge in [0.15, 0.2) is 0 Å². The van der Waals surface area contributed by atoms with E-state index in [0.29, 0.717) is 18.6 Å². The van der Waals surface area contributed by atoms with E-state index in [1.807, 2.05) is 12.1 Å². The number of hydrogen-bond acceptors (Lipinski definition) is 5. The number of piperidine rings is 1. The number of methoxy groups -OCH3 is 1. The van der Waals surface area contributed by atoms with Crippen molar-refractivity contribution in [3.8, 4) is 5.75 Å². The summed E-state index contributed by atoms with van der Waals surface area (Å²) in [5.41, 5.74) is 1.20. The summed E-state index contributed by atoms with van der Waals surface area (Å²) < 4.78 is 5.52. The summed E-state index contributed by atoms with van der Waals surface area (Å²) in [6.07, 6.45) is 4.75. The molecule has 1 unspecified atom stereocenters. The monoisotopic (exact) mass is 372 g/mol. The minimum absolute atomic E-state index is 0.208. The van der Waals surface area contributed by atoms with Crippen LogP contribution in [0.2, 0.25) is 0 Å². The van der Waals surface area contributed by atoms with E-state index in [1.165, 1.54) is 18.5 Å². The molecule has 1 N–H and O–H groups in total. The molecule has 0 radical (unpaired) electrons. The van der Waals surface area contributed by atoms with Gasteiger partial charge in [-0.05, 0) is 44.4 Å². The first-order valence-corrected chi connectivity index (χ1v) is 10.4. The van der Waals surface area contributed by atoms with Crippen molar-refractivity contribution in [3.63, 3.8) is 0 Å². The number of amides is 1. The number of ether oxygens (including phenoxy) is 1. The Morgan fingerprint density at radius 1 is 1.11 bits per heavy atom. The number of carbonyl (C=O) groups is 1. The highest BCUT2D eigenvalue weighted by Gasteiger charge is 2.30. The van der Waals surface area contributed by atoms with Crippen molar-refractivity contribution in [2.75, 3.05) is 57.8 Å². The lowest BCUT2D eigenvalue weighted by Crippen LogP contribution is -2.56. The topological polar surface area (TPSA) is 48.1 Å². The Balaban J connectivity index is 1.28. The van der Waals surface area contributed by atoms with Crippen LogP contribution in [0.3, 0.4) is 0 Å². The number of hydrogen-bond donors (Lipinski definition) is 1. The number of nitrogens with one attached hydrogen (secondary N) is 1. The molecule has 0 aromatic heterocycles. The summed E-state index contributed by atoms with van der Waals surface area (Å²) in [4.78, 5) is 19.5. The number of rotatable bonds is 6. The lowest BCUT2D eigenvalue weighted by atomic mass is 10.0. The zero-order valence-corrected chi connectivity index (χ0v) is 16.4. The van der Waals surface area contributed by atoms with Crippen LogP contribution in [0.4, 0.5) is 5.69 Å². The van der Waals surface area contributed by atoms with Crippen LogP contribution in [0, 0.1) is 0 Å². The Hall–Kier alpha value is -1.79. The molecule has 1 aromatic carbocycles. The summed E-state index contributed by atoms with van der Waals surface area (Å²) >= 11 is 0. The van der Waals surface area contributed by atoms with Gasteiger partial charge in [0.05, 0.1) is 19.3 Å². The van der Waals surface area contributed by atoms with Gasteiger partial charge >= 0.3 is 0 Å². The van der Waals surface area contributed by atoms with Crippen LogP contribution >= 0.6 is 0 Å². The Morgan fingerprint density at radius 3 is 2.63 bits per heavy atom. The number of piperazine rings is 1. The molecular weight excluding hydrogens is 340 g/mol. The fraction of sp³-hybridized carbons (Fsp3) is 0.667. The average molecular weight is 373 g/mol. The van der Waals surface area contributed by atoms with Crippen LogP contribution in [0.15, 0.2) is 24.3 Å². The SMILES string of the molecule is COc1ccccc1N1CCN(C2CCCN(CC(=O)NC3CC3)C2)CC1. The standard InChI is InChI=1S/C21H32N4O2/c1-27-20-7-3-2-6-19(20)25-13-11-24(12-14-25)18-5-4-10-23(15-18)16-21(26)22-17-8-9-17/h2-3,6-7,17-18H,4-5,8-16H2,1H3,(H,22,26). The van der Waals surface area contributed by atoms with E-state index in [0.717, 1.165) is 57.9 Å². The summed E-state index contributed by atoms with van der Waals surface area (Å²) in [5, 5.41) is 3.12. The third-order valence-corrected chi connectivity index (χ3v) is 6.05. The predicted octanol–water partition coefficient (Wildman–Crippen LogP) is 1.56. The quantitative estimate of drug-likeness (QED) is 0.821. The lowest BCUT2D eigenvalue weighted by molar-refractivity contribution is -0.122. The van der Waals surface area contributed by atoms with Gasteiger partial charge in [-0.25, -0.2) is 0 Å². The highest BCUT2D eigenvalue weighted by Crippen LogP contribution is 2.29. The summed E-state index contributed by atoms with van der Waals surface area (Å²) in [6.45, 7) is 6.84. The number of para-hydroxylation sites is 2. The zero-order valence-electron chi connectivity index (χ0n) is 16.4. The molecule has 1 saturated carbocycles. The largest absolute Gasteiger partial charge is 0.495 e. The Morgan fingerprint density at radius 2 is 1.89 bits per heavy atom. The molecule has 2 saturated heterocycles. The molecule has 1 amide bonds. The van der Waals surface area contributed by atoms with E-state index in [4.69, 9.17) is 4.74 Å². The van der Waals surface area contributed by atoms with Crippen molar-refractivity contribution in [2.24, 2.45) is 0 Å². The minimum atomic E-state index is 0.208. The van der Waals surface area contributed by atoms with Crippen molar-refractivity contribution >= 4 is 11.6 Å². The first-order chi connectivity index (χ1) is 13.2. The Kier molecular flexibility index (Phi) is 5.83. The molecule has 0 bridgehead atoms. The maximum atomic E-state index is 12.1. The fourth-order valence-corrected chi connectivity index (χ4v) is 4.40. The van der Waals surface area contributed by atoms with E-state index in [1.54, 1.807) is 7.11 Å². The number of anilines is 1. The van der Waals surface area contributed by atoms with Crippen molar-refractivity contribution in [1.29, 1.82) is 0 Å². The van der Waals surface area contributed by atoms with Crippen LogP contribution in [0.1, 0.15) is 25.7 Å². The van der Waals surface area contributed by atoms with Crippen LogP contribution < -0.4 is 15.0 Å². The van der Waals surface area contributed by atoms with E-state index >= 15 is 0 Å². The lowest BCUT2D eigenvalue weighted by Gasteiger charge is -2.44. The van der Waals surface area contributed by atoms with Gasteiger partial charge in [0.1, 0.15) is 5.75 Å². The van der Waals surface area contributed by atoms with Gasteiger partial charge < -0.3 is 15.0 Å². The predicted molar refractivity (Wildman–Crippen MR) is 107 cm³/mol. The maximum Gasteiger partial charge on any atom is 0.234 e. The van der Waals surface area contributed by atoms with Crippen LogP contribution in [0.5, 0.6) is 5.75 Å². The van der Waals surface area contributed by atoms with Crippen molar-refractivity contribution < 1.29 is 9.53 Å². The molecule has 0 spiro atoms. The average Bonchev–Trinajstić information content (AvgIpc) is 3.52. The molecule has 4 rings (SSSR count). The number of likely N-dealkylation sites (tertiary alicyclic amines) is 1. The van der Waals surface area contributed by atoms with E-state index < -0.39 is 0 Å². The highest BCUT2D eigenvalue weighted by molar-refractivity contribution is 5.78. The maximum absolute atomic E-state index is 12.1. The summed E-state index contributed by atoms with van der Waals surface area (Å²) in [6, 6.07) is 9.32. The highest BCUT2D eigenvalue weighted by atomic mass is 16.5. The Labute approximate surface area is 162 Å². The molecule has 148 valence electrons. The van der Waals surface area contributed by atoms with E-state index in [-0.39, 0.29) is 5.91 Å².